The third kappa shape index (κ3) is 6.16. The van der Waals surface area contributed by atoms with Crippen molar-refractivity contribution >= 4 is 58.2 Å². The summed E-state index contributed by atoms with van der Waals surface area (Å²) >= 11 is 2.50. The number of hydrogen-bond acceptors (Lipinski definition) is 0. The van der Waals surface area contributed by atoms with Crippen molar-refractivity contribution in [2.75, 3.05) is 0 Å². The molecular formula is C36H72GeSi5. The molecule has 0 unspecified atom stereocenters. The van der Waals surface area contributed by atoms with Crippen LogP contribution in [-0.2, 0) is 0 Å². The van der Waals surface area contributed by atoms with E-state index >= 15 is 0 Å². The van der Waals surface area contributed by atoms with Crippen molar-refractivity contribution in [1.82, 2.24) is 0 Å². The van der Waals surface area contributed by atoms with Crippen molar-refractivity contribution < 1.29 is 0 Å². The van der Waals surface area contributed by atoms with Gasteiger partial charge in [-0.2, -0.15) is 0 Å². The van der Waals surface area contributed by atoms with Gasteiger partial charge in [-0.1, -0.05) is 0 Å². The summed E-state index contributed by atoms with van der Waals surface area (Å²) in [6.07, 6.45) is 0. The standard InChI is InChI=1S/C36H72GeSi5/c1-31(2,3)39(20,32(4,5)6)38(19)42(28-30(37)29-26-24-23-25-27-29,40(21,33(7,8)9)34(10,11)12)41(22,35(13,14)15)36(16,17)18/h23-28H,1-22H3/b30-28-. The molecule has 0 N–H and O–H groups in total. The fourth-order valence-electron chi connectivity index (χ4n) is 9.82. The quantitative estimate of drug-likeness (QED) is 0.257. The van der Waals surface area contributed by atoms with Gasteiger partial charge in [0.2, 0.25) is 0 Å². The van der Waals surface area contributed by atoms with Crippen LogP contribution in [-0.4, -0.2) is 53.7 Å². The molecule has 240 valence electrons. The normalized spacial score (nSPS) is 16.3. The zero-order valence-electron chi connectivity index (χ0n) is 32.5. The van der Waals surface area contributed by atoms with Crippen LogP contribution in [0.25, 0.3) is 4.41 Å². The van der Waals surface area contributed by atoms with Gasteiger partial charge in [-0.3, -0.25) is 0 Å². The van der Waals surface area contributed by atoms with E-state index in [1.165, 1.54) is 5.56 Å². The second-order valence-corrected chi connectivity index (χ2v) is 66.9. The average Bonchev–Trinajstić information content (AvgIpc) is 2.76. The summed E-state index contributed by atoms with van der Waals surface area (Å²) in [7, 11) is -6.98. The average molecular weight is 718 g/mol. The summed E-state index contributed by atoms with van der Waals surface area (Å²) in [6.45, 7) is 57.6. The van der Waals surface area contributed by atoms with Gasteiger partial charge >= 0.3 is 281 Å². The molecule has 4 radical (unpaired) electrons. The van der Waals surface area contributed by atoms with Gasteiger partial charge in [0.25, 0.3) is 0 Å². The Balaban J connectivity index is 5.08. The first kappa shape index (κ1) is 40.6. The molecule has 0 atom stereocenters. The van der Waals surface area contributed by atoms with Crippen molar-refractivity contribution in [3.05, 3.63) is 41.6 Å². The van der Waals surface area contributed by atoms with Gasteiger partial charge in [0.05, 0.1) is 0 Å². The SMILES string of the molecule is C[Si]([Si](C)(C(C)(C)C)C(C)(C)C)[Si](/C=[C](\[Ge])c1ccccc1)([Si](C)(C(C)(C)C)C(C)(C)C)[Si](C)(C(C)(C)C)C(C)(C)C. The van der Waals surface area contributed by atoms with Gasteiger partial charge in [-0.05, 0) is 0 Å². The molecule has 0 fully saturated rings. The molecule has 1 rings (SSSR count). The summed E-state index contributed by atoms with van der Waals surface area (Å²) in [4.78, 5) is 0. The molecule has 0 bridgehead atoms. The van der Waals surface area contributed by atoms with Gasteiger partial charge in [0.1, 0.15) is 0 Å². The Hall–Kier alpha value is 0.587. The van der Waals surface area contributed by atoms with Gasteiger partial charge in [0.15, 0.2) is 0 Å². The minimum atomic E-state index is -2.27. The Morgan fingerprint density at radius 1 is 0.548 bits per heavy atom. The van der Waals surface area contributed by atoms with E-state index in [4.69, 9.17) is 0 Å². The predicted molar refractivity (Wildman–Crippen MR) is 211 cm³/mol. The van der Waals surface area contributed by atoms with Gasteiger partial charge in [-0.15, -0.1) is 0 Å². The molecule has 1 aromatic rings. The van der Waals surface area contributed by atoms with Crippen LogP contribution in [0.2, 0.25) is 56.4 Å². The van der Waals surface area contributed by atoms with E-state index in [0.717, 1.165) is 0 Å². The second kappa shape index (κ2) is 12.0. The second-order valence-electron chi connectivity index (χ2n) is 20.2. The Morgan fingerprint density at radius 3 is 1.07 bits per heavy atom. The topological polar surface area (TPSA) is 0 Å². The van der Waals surface area contributed by atoms with E-state index in [1.54, 1.807) is 4.41 Å². The predicted octanol–water partition coefficient (Wildman–Crippen LogP) is 12.7. The fourth-order valence-corrected chi connectivity index (χ4v) is 158. The first-order valence-corrected chi connectivity index (χ1v) is 33.1. The summed E-state index contributed by atoms with van der Waals surface area (Å²) in [5.41, 5.74) is 4.63. The van der Waals surface area contributed by atoms with Crippen molar-refractivity contribution in [2.45, 2.75) is 181 Å². The Morgan fingerprint density at radius 2 is 0.833 bits per heavy atom. The molecule has 6 heteroatoms. The third-order valence-electron chi connectivity index (χ3n) is 13.4. The summed E-state index contributed by atoms with van der Waals surface area (Å²) in [6, 6.07) is 11.5. The first-order valence-electron chi connectivity index (χ1n) is 16.5. The van der Waals surface area contributed by atoms with E-state index in [1.807, 2.05) is 0 Å². The molecule has 0 heterocycles. The molecule has 0 saturated heterocycles. The molecule has 0 aromatic heterocycles. The molecule has 1 aromatic carbocycles. The Kier molecular flexibility index (Phi) is 11.6. The van der Waals surface area contributed by atoms with Gasteiger partial charge in [-0.25, -0.2) is 0 Å². The van der Waals surface area contributed by atoms with Crippen LogP contribution in [0.1, 0.15) is 130 Å². The van der Waals surface area contributed by atoms with Crippen molar-refractivity contribution in [3.8, 4) is 0 Å². The molecule has 0 aliphatic heterocycles. The van der Waals surface area contributed by atoms with Crippen molar-refractivity contribution in [1.29, 1.82) is 0 Å². The summed E-state index contributed by atoms with van der Waals surface area (Å²) in [5.74, 6) is 0. The molecule has 0 saturated carbocycles. The van der Waals surface area contributed by atoms with Crippen LogP contribution in [0.4, 0.5) is 0 Å². The molecular weight excluding hydrogens is 645 g/mol. The number of rotatable bonds is 6. The van der Waals surface area contributed by atoms with E-state index in [9.17, 15) is 0 Å². The van der Waals surface area contributed by atoms with Crippen LogP contribution in [0, 0.1) is 0 Å². The molecule has 0 aliphatic rings. The van der Waals surface area contributed by atoms with Gasteiger partial charge in [0, 0.05) is 0 Å². The van der Waals surface area contributed by atoms with Crippen LogP contribution in [0.3, 0.4) is 0 Å². The summed E-state index contributed by atoms with van der Waals surface area (Å²) < 4.78 is 1.57. The molecule has 0 nitrogen and oxygen atoms in total. The maximum absolute atomic E-state index is 3.19. The Bertz CT molecular complexity index is 1010. The van der Waals surface area contributed by atoms with Crippen LogP contribution < -0.4 is 0 Å². The molecule has 0 aliphatic carbocycles. The van der Waals surface area contributed by atoms with Crippen LogP contribution in [0.15, 0.2) is 36.0 Å². The minimum absolute atomic E-state index is 0.284. The zero-order valence-corrected chi connectivity index (χ0v) is 39.6. The van der Waals surface area contributed by atoms with Crippen LogP contribution >= 0.6 is 0 Å². The monoisotopic (exact) mass is 718 g/mol. The number of hydrogen-bond donors (Lipinski definition) is 0. The van der Waals surface area contributed by atoms with E-state index in [-0.39, 0.29) is 20.2 Å². The number of benzene rings is 1. The fraction of sp³-hybridized carbons (Fsp3) is 0.778. The molecule has 0 spiro atoms. The van der Waals surface area contributed by atoms with E-state index < -0.39 is 37.2 Å². The van der Waals surface area contributed by atoms with Crippen molar-refractivity contribution in [3.63, 3.8) is 0 Å². The van der Waals surface area contributed by atoms with E-state index in [2.05, 4.69) is 203 Å². The maximum atomic E-state index is 3.19. The van der Waals surface area contributed by atoms with Crippen molar-refractivity contribution in [2.24, 2.45) is 0 Å². The van der Waals surface area contributed by atoms with Gasteiger partial charge < -0.3 is 0 Å². The third-order valence-corrected chi connectivity index (χ3v) is 109. The van der Waals surface area contributed by atoms with Crippen LogP contribution in [0.5, 0.6) is 0 Å². The zero-order chi connectivity index (χ0) is 34.0. The molecule has 0 amide bonds. The van der Waals surface area contributed by atoms with E-state index in [0.29, 0.717) is 10.1 Å². The summed E-state index contributed by atoms with van der Waals surface area (Å²) in [5, 5.41) is 1.80. The Labute approximate surface area is 279 Å². The first-order chi connectivity index (χ1) is 18.1. The molecule has 42 heavy (non-hydrogen) atoms.